The Labute approximate surface area is 377 Å². The van der Waals surface area contributed by atoms with E-state index >= 15 is 0 Å². The Hall–Kier alpha value is -7.28. The molecule has 6 heteroatoms. The molecule has 0 saturated carbocycles. The van der Waals surface area contributed by atoms with E-state index in [9.17, 15) is 0 Å². The summed E-state index contributed by atoms with van der Waals surface area (Å²) in [5, 5.41) is 5.66. The molecule has 64 heavy (non-hydrogen) atoms. The van der Waals surface area contributed by atoms with Crippen LogP contribution in [-0.4, -0.2) is 24.8 Å². The van der Waals surface area contributed by atoms with Gasteiger partial charge in [-0.15, -0.1) is 0 Å². The van der Waals surface area contributed by atoms with Gasteiger partial charge in [-0.2, -0.15) is 0 Å². The Morgan fingerprint density at radius 1 is 0.422 bits per heavy atom. The number of para-hydroxylation sites is 2. The first-order valence-electron chi connectivity index (χ1n) is 22.4. The lowest BCUT2D eigenvalue weighted by Crippen LogP contribution is -2.88. The van der Waals surface area contributed by atoms with E-state index in [4.69, 9.17) is 9.97 Å². The second-order valence-electron chi connectivity index (χ2n) is 18.7. The van der Waals surface area contributed by atoms with E-state index in [1.54, 1.807) is 0 Å². The monoisotopic (exact) mass is 838 g/mol. The van der Waals surface area contributed by atoms with Gasteiger partial charge in [0.25, 0.3) is 6.71 Å². The summed E-state index contributed by atoms with van der Waals surface area (Å²) < 4.78 is 0. The van der Waals surface area contributed by atoms with Crippen molar-refractivity contribution in [2.24, 2.45) is 0 Å². The zero-order valence-corrected chi connectivity index (χ0v) is 37.8. The second-order valence-corrected chi connectivity index (χ2v) is 22.4. The quantitative estimate of drug-likeness (QED) is 0.156. The second kappa shape index (κ2) is 14.4. The summed E-state index contributed by atoms with van der Waals surface area (Å²) in [6.07, 6.45) is 3.88. The van der Waals surface area contributed by atoms with Gasteiger partial charge < -0.3 is 9.80 Å². The third-order valence-corrected chi connectivity index (χ3v) is 18.8. The zero-order chi connectivity index (χ0) is 43.3. The standard InChI is InChI=1S/C58H47BN4Si/c1-38-30-32-60-45(34-38)43-22-12-14-24-47(43)62-49-26-16-28-53-56(49)59-55-51(62)36-40(58(3,4)5)37-52(55)63(48-25-15-13-23-44(48)46-35-39(2)31-33-61-46)50-27-17-29-54(57(50)59)64(53,41-18-8-6-9-19-41)42-20-10-7-11-21-42/h6-37H,1-5H3. The minimum absolute atomic E-state index is 0.00881. The molecule has 0 atom stereocenters. The van der Waals surface area contributed by atoms with Crippen molar-refractivity contribution in [3.8, 4) is 22.5 Å². The molecule has 7 aromatic carbocycles. The van der Waals surface area contributed by atoms with Crippen LogP contribution in [0.15, 0.2) is 194 Å². The van der Waals surface area contributed by atoms with E-state index < -0.39 is 8.07 Å². The smallest absolute Gasteiger partial charge is 0.251 e. The first-order chi connectivity index (χ1) is 31.2. The van der Waals surface area contributed by atoms with Crippen molar-refractivity contribution in [3.05, 3.63) is 211 Å². The lowest BCUT2D eigenvalue weighted by atomic mass is 9.33. The summed E-state index contributed by atoms with van der Waals surface area (Å²) in [5.41, 5.74) is 18.9. The predicted octanol–water partition coefficient (Wildman–Crippen LogP) is 9.50. The summed E-state index contributed by atoms with van der Waals surface area (Å²) >= 11 is 0. The van der Waals surface area contributed by atoms with Crippen LogP contribution in [0, 0.1) is 13.8 Å². The zero-order valence-electron chi connectivity index (χ0n) is 36.8. The minimum Gasteiger partial charge on any atom is -0.311 e. The number of nitrogens with zero attached hydrogens (tertiary/aromatic N) is 4. The van der Waals surface area contributed by atoms with Crippen molar-refractivity contribution in [2.75, 3.05) is 9.80 Å². The van der Waals surface area contributed by atoms with Gasteiger partial charge >= 0.3 is 0 Å². The number of anilines is 6. The third-order valence-electron chi connectivity index (χ3n) is 13.9. The Bertz CT molecular complexity index is 3110. The summed E-state index contributed by atoms with van der Waals surface area (Å²) in [7, 11) is -3.01. The molecule has 0 N–H and O–H groups in total. The van der Waals surface area contributed by atoms with E-state index in [1.165, 1.54) is 76.6 Å². The lowest BCUT2D eigenvalue weighted by Gasteiger charge is -2.52. The molecule has 306 valence electrons. The van der Waals surface area contributed by atoms with Gasteiger partial charge in [-0.1, -0.05) is 142 Å². The van der Waals surface area contributed by atoms with Crippen molar-refractivity contribution in [1.29, 1.82) is 0 Å². The van der Waals surface area contributed by atoms with Gasteiger partial charge in [-0.25, -0.2) is 0 Å². The van der Waals surface area contributed by atoms with Crippen molar-refractivity contribution >= 4 is 86.0 Å². The van der Waals surface area contributed by atoms with Gasteiger partial charge in [0.15, 0.2) is 8.07 Å². The van der Waals surface area contributed by atoms with Crippen LogP contribution in [0.4, 0.5) is 34.1 Å². The Morgan fingerprint density at radius 3 is 1.28 bits per heavy atom. The molecule has 0 fully saturated rings. The summed E-state index contributed by atoms with van der Waals surface area (Å²) in [6.45, 7) is 11.3. The summed E-state index contributed by atoms with van der Waals surface area (Å²) in [6, 6.07) is 68.6. The molecule has 4 nitrogen and oxygen atoms in total. The number of benzene rings is 7. The fourth-order valence-corrected chi connectivity index (χ4v) is 16.4. The lowest BCUT2D eigenvalue weighted by molar-refractivity contribution is 0.590. The Morgan fingerprint density at radius 2 is 0.844 bits per heavy atom. The van der Waals surface area contributed by atoms with E-state index in [-0.39, 0.29) is 12.1 Å². The molecular formula is C58H47BN4Si. The average molecular weight is 839 g/mol. The molecule has 5 heterocycles. The van der Waals surface area contributed by atoms with Crippen molar-refractivity contribution in [3.63, 3.8) is 0 Å². The van der Waals surface area contributed by atoms with E-state index in [0.29, 0.717) is 0 Å². The van der Waals surface area contributed by atoms with Gasteiger partial charge in [0.1, 0.15) is 0 Å². The molecule has 0 amide bonds. The average Bonchev–Trinajstić information content (AvgIpc) is 3.32. The molecule has 12 rings (SSSR count). The predicted molar refractivity (Wildman–Crippen MR) is 272 cm³/mol. The number of rotatable bonds is 6. The third kappa shape index (κ3) is 5.55. The maximum Gasteiger partial charge on any atom is 0.251 e. The van der Waals surface area contributed by atoms with Crippen molar-refractivity contribution in [2.45, 2.75) is 40.0 Å². The van der Waals surface area contributed by atoms with Gasteiger partial charge in [0.05, 0.1) is 22.8 Å². The van der Waals surface area contributed by atoms with Crippen LogP contribution < -0.4 is 46.9 Å². The Balaban J connectivity index is 1.28. The van der Waals surface area contributed by atoms with Gasteiger partial charge in [-0.05, 0) is 134 Å². The molecule has 0 spiro atoms. The highest BCUT2D eigenvalue weighted by atomic mass is 28.3. The molecule has 0 radical (unpaired) electrons. The van der Waals surface area contributed by atoms with E-state index in [1.807, 2.05) is 12.4 Å². The minimum atomic E-state index is -3.01. The normalized spacial score (nSPS) is 14.0. The number of aromatic nitrogens is 2. The molecule has 3 aliphatic rings. The van der Waals surface area contributed by atoms with Crippen molar-refractivity contribution < 1.29 is 0 Å². The molecule has 0 aliphatic carbocycles. The van der Waals surface area contributed by atoms with Crippen LogP contribution in [0.5, 0.6) is 0 Å². The van der Waals surface area contributed by atoms with Gasteiger partial charge in [0.2, 0.25) is 0 Å². The molecule has 3 aliphatic heterocycles. The topological polar surface area (TPSA) is 32.3 Å². The number of pyridine rings is 2. The van der Waals surface area contributed by atoms with Crippen LogP contribution in [0.25, 0.3) is 22.5 Å². The molecular weight excluding hydrogens is 792 g/mol. The molecule has 0 bridgehead atoms. The molecule has 0 unspecified atom stereocenters. The van der Waals surface area contributed by atoms with Gasteiger partial charge in [0, 0.05) is 46.3 Å². The SMILES string of the molecule is Cc1ccnc(-c2ccccc2N2c3cc(C(C)(C)C)cc4c3B3c5c2cccc5[Si](c2ccccc2)(c2ccccc2)c2cccc(c23)N4c2ccccc2-c2cc(C)ccn2)c1. The highest BCUT2D eigenvalue weighted by molar-refractivity contribution is 7.27. The number of hydrogen-bond acceptors (Lipinski definition) is 4. The maximum atomic E-state index is 5.02. The van der Waals surface area contributed by atoms with Crippen LogP contribution in [0.1, 0.15) is 37.5 Å². The highest BCUT2D eigenvalue weighted by Crippen LogP contribution is 2.49. The Kier molecular flexibility index (Phi) is 8.63. The van der Waals surface area contributed by atoms with Gasteiger partial charge in [-0.3, -0.25) is 9.97 Å². The molecule has 0 saturated heterocycles. The fraction of sp³-hybridized carbons (Fsp3) is 0.103. The number of aryl methyl sites for hydroxylation is 2. The first kappa shape index (κ1) is 38.4. The van der Waals surface area contributed by atoms with E-state index in [0.717, 1.165) is 33.9 Å². The highest BCUT2D eigenvalue weighted by Gasteiger charge is 2.56. The summed E-state index contributed by atoms with van der Waals surface area (Å²) in [4.78, 5) is 15.2. The maximum absolute atomic E-state index is 5.02. The molecule has 2 aromatic heterocycles. The van der Waals surface area contributed by atoms with Crippen LogP contribution in [-0.2, 0) is 5.41 Å². The number of hydrogen-bond donors (Lipinski definition) is 0. The first-order valence-corrected chi connectivity index (χ1v) is 24.4. The summed E-state index contributed by atoms with van der Waals surface area (Å²) in [5.74, 6) is 0. The van der Waals surface area contributed by atoms with Crippen LogP contribution in [0.3, 0.4) is 0 Å². The molecule has 9 aromatic rings. The van der Waals surface area contributed by atoms with Crippen molar-refractivity contribution in [1.82, 2.24) is 9.97 Å². The van der Waals surface area contributed by atoms with Crippen LogP contribution >= 0.6 is 0 Å². The largest absolute Gasteiger partial charge is 0.311 e. The fourth-order valence-electron chi connectivity index (χ4n) is 11.1. The van der Waals surface area contributed by atoms with E-state index in [2.05, 4.69) is 226 Å². The van der Waals surface area contributed by atoms with Crippen LogP contribution in [0.2, 0.25) is 0 Å².